The maximum Gasteiger partial charge on any atom is 0.324 e. The van der Waals surface area contributed by atoms with E-state index in [9.17, 15) is 9.90 Å². The Labute approximate surface area is 68.5 Å². The first-order valence-electron chi connectivity index (χ1n) is 3.59. The molecule has 0 radical (unpaired) electrons. The van der Waals surface area contributed by atoms with Crippen LogP contribution in [0.25, 0.3) is 0 Å². The molecule has 0 aliphatic rings. The van der Waals surface area contributed by atoms with Gasteiger partial charge in [0, 0.05) is 0 Å². The minimum Gasteiger partial charge on any atom is -0.518 e. The van der Waals surface area contributed by atoms with Gasteiger partial charge in [-0.05, 0) is 33.5 Å². The largest absolute Gasteiger partial charge is 0.518 e. The minimum atomic E-state index is -1.84. The lowest BCUT2D eigenvalue weighted by Crippen LogP contribution is -2.40. The maximum atomic E-state index is 11.0. The van der Waals surface area contributed by atoms with E-state index < -0.39 is 19.9 Å². The molecule has 0 spiro atoms. The third-order valence-corrected chi connectivity index (χ3v) is 1.70. The van der Waals surface area contributed by atoms with E-state index in [1.807, 2.05) is 19.6 Å². The van der Waals surface area contributed by atoms with Crippen LogP contribution < -0.4 is 0 Å². The molecule has 0 saturated heterocycles. The summed E-state index contributed by atoms with van der Waals surface area (Å²) in [5.41, 5.74) is -1.36. The average molecular weight is 176 g/mol. The fourth-order valence-corrected chi connectivity index (χ4v) is 1.21. The number of aliphatic hydroxyl groups is 1. The molecule has 66 valence electrons. The molecule has 0 aliphatic heterocycles. The molecule has 0 aliphatic carbocycles. The molecule has 0 aromatic rings. The molecular weight excluding hydrogens is 160 g/mol. The van der Waals surface area contributed by atoms with Crippen LogP contribution in [0.4, 0.5) is 0 Å². The van der Waals surface area contributed by atoms with Crippen molar-refractivity contribution in [2.75, 3.05) is 0 Å². The van der Waals surface area contributed by atoms with Gasteiger partial charge in [-0.1, -0.05) is 0 Å². The van der Waals surface area contributed by atoms with Gasteiger partial charge in [-0.15, -0.1) is 0 Å². The van der Waals surface area contributed by atoms with Crippen molar-refractivity contribution in [3.05, 3.63) is 0 Å². The SMILES string of the molecule is CC(C)(O)C(=O)O[Si](C)(C)C. The van der Waals surface area contributed by atoms with E-state index in [0.29, 0.717) is 0 Å². The molecule has 0 unspecified atom stereocenters. The van der Waals surface area contributed by atoms with Gasteiger partial charge < -0.3 is 9.53 Å². The van der Waals surface area contributed by atoms with Crippen molar-refractivity contribution < 1.29 is 14.3 Å². The first-order chi connectivity index (χ1) is 4.63. The topological polar surface area (TPSA) is 46.5 Å². The summed E-state index contributed by atoms with van der Waals surface area (Å²) in [5, 5.41) is 9.20. The predicted octanol–water partition coefficient (Wildman–Crippen LogP) is 1.14. The standard InChI is InChI=1S/C7H16O3Si/c1-7(2,9)6(8)10-11(3,4)5/h9H,1-5H3. The summed E-state index contributed by atoms with van der Waals surface area (Å²) in [6.45, 7) is 8.55. The van der Waals surface area contributed by atoms with E-state index in [1.54, 1.807) is 0 Å². The number of carbonyl (C=O) groups is 1. The van der Waals surface area contributed by atoms with Crippen molar-refractivity contribution in [1.29, 1.82) is 0 Å². The lowest BCUT2D eigenvalue weighted by Gasteiger charge is -2.23. The third kappa shape index (κ3) is 4.98. The van der Waals surface area contributed by atoms with Gasteiger partial charge in [0.2, 0.25) is 8.32 Å². The summed E-state index contributed by atoms with van der Waals surface area (Å²) in [6.07, 6.45) is 0. The van der Waals surface area contributed by atoms with Crippen molar-refractivity contribution in [2.45, 2.75) is 39.1 Å². The summed E-state index contributed by atoms with van der Waals surface area (Å²) in [7, 11) is -1.84. The highest BCUT2D eigenvalue weighted by Crippen LogP contribution is 2.10. The van der Waals surface area contributed by atoms with Gasteiger partial charge in [-0.25, -0.2) is 0 Å². The fourth-order valence-electron chi connectivity index (χ4n) is 0.403. The number of hydrogen-bond donors (Lipinski definition) is 1. The van der Waals surface area contributed by atoms with Crippen LogP contribution in [0, 0.1) is 0 Å². The third-order valence-electron chi connectivity index (χ3n) is 0.898. The molecule has 11 heavy (non-hydrogen) atoms. The summed E-state index contributed by atoms with van der Waals surface area (Å²) >= 11 is 0. The van der Waals surface area contributed by atoms with Crippen molar-refractivity contribution in [1.82, 2.24) is 0 Å². The van der Waals surface area contributed by atoms with Crippen LogP contribution >= 0.6 is 0 Å². The highest BCUT2D eigenvalue weighted by atomic mass is 28.4. The Morgan fingerprint density at radius 1 is 1.36 bits per heavy atom. The summed E-state index contributed by atoms with van der Waals surface area (Å²) in [4.78, 5) is 11.0. The Hall–Kier alpha value is -0.353. The molecule has 4 heteroatoms. The van der Waals surface area contributed by atoms with Gasteiger partial charge in [-0.2, -0.15) is 0 Å². The van der Waals surface area contributed by atoms with E-state index in [2.05, 4.69) is 0 Å². The molecule has 0 amide bonds. The van der Waals surface area contributed by atoms with E-state index in [0.717, 1.165) is 0 Å². The van der Waals surface area contributed by atoms with Gasteiger partial charge in [0.1, 0.15) is 0 Å². The quantitative estimate of drug-likeness (QED) is 0.642. The van der Waals surface area contributed by atoms with Crippen LogP contribution in [-0.4, -0.2) is 25.0 Å². The highest BCUT2D eigenvalue weighted by Gasteiger charge is 2.30. The second-order valence-electron chi connectivity index (χ2n) is 4.06. The van der Waals surface area contributed by atoms with Gasteiger partial charge >= 0.3 is 5.97 Å². The van der Waals surface area contributed by atoms with Crippen molar-refractivity contribution in [3.63, 3.8) is 0 Å². The zero-order chi connectivity index (χ0) is 9.28. The van der Waals surface area contributed by atoms with Crippen molar-refractivity contribution in [2.24, 2.45) is 0 Å². The summed E-state index contributed by atoms with van der Waals surface area (Å²) in [6, 6.07) is 0. The molecule has 0 aromatic heterocycles. The van der Waals surface area contributed by atoms with E-state index in [-0.39, 0.29) is 0 Å². The zero-order valence-electron chi connectivity index (χ0n) is 7.76. The molecule has 0 fully saturated rings. The molecule has 0 saturated carbocycles. The van der Waals surface area contributed by atoms with Crippen LogP contribution in [0.3, 0.4) is 0 Å². The average Bonchev–Trinajstić information content (AvgIpc) is 1.56. The second kappa shape index (κ2) is 2.95. The van der Waals surface area contributed by atoms with Crippen LogP contribution in [0.5, 0.6) is 0 Å². The van der Waals surface area contributed by atoms with Gasteiger partial charge in [0.05, 0.1) is 0 Å². The normalized spacial score (nSPS) is 12.9. The molecule has 0 heterocycles. The molecular formula is C7H16O3Si. The van der Waals surface area contributed by atoms with Gasteiger partial charge in [0.25, 0.3) is 0 Å². The minimum absolute atomic E-state index is 0.531. The van der Waals surface area contributed by atoms with Crippen LogP contribution in [-0.2, 0) is 9.22 Å². The van der Waals surface area contributed by atoms with E-state index in [4.69, 9.17) is 4.43 Å². The first kappa shape index (κ1) is 10.6. The van der Waals surface area contributed by atoms with Crippen LogP contribution in [0.2, 0.25) is 19.6 Å². The molecule has 0 bridgehead atoms. The Morgan fingerprint density at radius 3 is 1.82 bits per heavy atom. The Morgan fingerprint density at radius 2 is 1.73 bits per heavy atom. The van der Waals surface area contributed by atoms with E-state index >= 15 is 0 Å². The van der Waals surface area contributed by atoms with Crippen molar-refractivity contribution >= 4 is 14.3 Å². The fraction of sp³-hybridized carbons (Fsp3) is 0.857. The predicted molar refractivity (Wildman–Crippen MR) is 45.7 cm³/mol. The highest BCUT2D eigenvalue weighted by molar-refractivity contribution is 6.71. The monoisotopic (exact) mass is 176 g/mol. The molecule has 3 nitrogen and oxygen atoms in total. The Kier molecular flexibility index (Phi) is 2.85. The molecule has 1 N–H and O–H groups in total. The lowest BCUT2D eigenvalue weighted by molar-refractivity contribution is -0.152. The van der Waals surface area contributed by atoms with Crippen LogP contribution in [0.1, 0.15) is 13.8 Å². The van der Waals surface area contributed by atoms with Crippen molar-refractivity contribution in [3.8, 4) is 0 Å². The smallest absolute Gasteiger partial charge is 0.324 e. The summed E-state index contributed by atoms with van der Waals surface area (Å²) < 4.78 is 5.05. The number of hydrogen-bond acceptors (Lipinski definition) is 3. The molecule has 0 aromatic carbocycles. The Bertz CT molecular complexity index is 152. The molecule has 0 atom stereocenters. The number of rotatable bonds is 2. The van der Waals surface area contributed by atoms with Gasteiger partial charge in [-0.3, -0.25) is 4.79 Å². The number of carbonyl (C=O) groups excluding carboxylic acids is 1. The van der Waals surface area contributed by atoms with E-state index in [1.165, 1.54) is 13.8 Å². The zero-order valence-corrected chi connectivity index (χ0v) is 8.76. The van der Waals surface area contributed by atoms with Gasteiger partial charge in [0.15, 0.2) is 5.60 Å². The molecule has 0 rings (SSSR count). The first-order valence-corrected chi connectivity index (χ1v) is 6.99. The Balaban J connectivity index is 4.11. The van der Waals surface area contributed by atoms with Crippen LogP contribution in [0.15, 0.2) is 0 Å². The maximum absolute atomic E-state index is 11.0. The summed E-state index contributed by atoms with van der Waals surface area (Å²) in [5.74, 6) is -0.531. The second-order valence-corrected chi connectivity index (χ2v) is 8.49. The lowest BCUT2D eigenvalue weighted by atomic mass is 10.1.